The Bertz CT molecular complexity index is 513. The molecule has 2 nitrogen and oxygen atoms in total. The van der Waals surface area contributed by atoms with Gasteiger partial charge in [0.1, 0.15) is 0 Å². The molecule has 74 valence electrons. The lowest BCUT2D eigenvalue weighted by Crippen LogP contribution is -2.03. The largest absolute Gasteiger partial charge is 0.219 e. The molecule has 0 saturated heterocycles. The Balaban J connectivity index is 2.78. The van der Waals surface area contributed by atoms with Gasteiger partial charge in [-0.1, -0.05) is 18.2 Å². The summed E-state index contributed by atoms with van der Waals surface area (Å²) in [6.07, 6.45) is 1.70. The van der Waals surface area contributed by atoms with Gasteiger partial charge in [-0.05, 0) is 24.1 Å². The van der Waals surface area contributed by atoms with Gasteiger partial charge in [-0.15, -0.1) is 0 Å². The van der Waals surface area contributed by atoms with Crippen molar-refractivity contribution in [1.82, 2.24) is 0 Å². The van der Waals surface area contributed by atoms with Crippen LogP contribution in [0.5, 0.6) is 0 Å². The molecule has 0 bridgehead atoms. The van der Waals surface area contributed by atoms with Crippen molar-refractivity contribution in [3.63, 3.8) is 0 Å². The third-order valence-electron chi connectivity index (χ3n) is 2.33. The summed E-state index contributed by atoms with van der Waals surface area (Å²) in [6.45, 7) is 1.81. The van der Waals surface area contributed by atoms with Gasteiger partial charge in [0.05, 0.1) is 9.80 Å². The lowest BCUT2D eigenvalue weighted by Gasteiger charge is -2.03. The Hall–Kier alpha value is -0.740. The lowest BCUT2D eigenvalue weighted by atomic mass is 10.1. The van der Waals surface area contributed by atoms with Crippen LogP contribution in [0.15, 0.2) is 28.0 Å². The van der Waals surface area contributed by atoms with E-state index in [1.54, 1.807) is 6.08 Å². The van der Waals surface area contributed by atoms with Crippen molar-refractivity contribution in [2.45, 2.75) is 11.8 Å². The highest BCUT2D eigenvalue weighted by Crippen LogP contribution is 2.35. The Morgan fingerprint density at radius 2 is 2.07 bits per heavy atom. The summed E-state index contributed by atoms with van der Waals surface area (Å²) in [6, 6.07) is 5.49. The highest BCUT2D eigenvalue weighted by atomic mass is 32.2. The molecule has 0 unspecified atom stereocenters. The molecule has 2 rings (SSSR count). The van der Waals surface area contributed by atoms with E-state index in [2.05, 4.69) is 12.6 Å². The van der Waals surface area contributed by atoms with Gasteiger partial charge < -0.3 is 0 Å². The van der Waals surface area contributed by atoms with Crippen molar-refractivity contribution in [2.75, 3.05) is 5.75 Å². The molecular weight excluding hydrogens is 216 g/mol. The van der Waals surface area contributed by atoms with E-state index in [1.807, 2.05) is 25.1 Å². The summed E-state index contributed by atoms with van der Waals surface area (Å²) in [4.78, 5) is 0.842. The van der Waals surface area contributed by atoms with Crippen LogP contribution in [0.1, 0.15) is 11.1 Å². The third-order valence-corrected chi connectivity index (χ3v) is 4.93. The molecule has 14 heavy (non-hydrogen) atoms. The number of hydrogen-bond acceptors (Lipinski definition) is 3. The van der Waals surface area contributed by atoms with Crippen LogP contribution in [0.3, 0.4) is 0 Å². The first kappa shape index (κ1) is 9.80. The zero-order valence-corrected chi connectivity index (χ0v) is 9.40. The number of sulfone groups is 1. The van der Waals surface area contributed by atoms with Crippen LogP contribution >= 0.6 is 12.6 Å². The maximum atomic E-state index is 11.9. The van der Waals surface area contributed by atoms with E-state index in [1.165, 1.54) is 0 Å². The average molecular weight is 226 g/mol. The SMILES string of the molecule is Cc1cccc2c1S(=O)(=O)C(CS)=C2. The normalized spacial score (nSPS) is 17.7. The van der Waals surface area contributed by atoms with Gasteiger partial charge >= 0.3 is 0 Å². The second kappa shape index (κ2) is 3.14. The smallest absolute Gasteiger partial charge is 0.204 e. The summed E-state index contributed by atoms with van der Waals surface area (Å²) in [5, 5.41) is 0. The molecule has 1 aliphatic rings. The lowest BCUT2D eigenvalue weighted by molar-refractivity contribution is 0.603. The average Bonchev–Trinajstić information content (AvgIpc) is 2.38. The summed E-state index contributed by atoms with van der Waals surface area (Å²) in [7, 11) is -3.24. The van der Waals surface area contributed by atoms with Crippen LogP contribution in [-0.2, 0) is 9.84 Å². The van der Waals surface area contributed by atoms with Gasteiger partial charge in [-0.3, -0.25) is 0 Å². The van der Waals surface area contributed by atoms with E-state index in [0.29, 0.717) is 9.80 Å². The van der Waals surface area contributed by atoms with Crippen molar-refractivity contribution in [3.05, 3.63) is 34.2 Å². The van der Waals surface area contributed by atoms with Crippen LogP contribution in [0.25, 0.3) is 6.08 Å². The predicted octanol–water partition coefficient (Wildman–Crippen LogP) is 2.05. The molecule has 1 aliphatic heterocycles. The van der Waals surface area contributed by atoms with Crippen molar-refractivity contribution in [1.29, 1.82) is 0 Å². The number of hydrogen-bond donors (Lipinski definition) is 1. The number of fused-ring (bicyclic) bond motifs is 1. The van der Waals surface area contributed by atoms with Crippen LogP contribution < -0.4 is 0 Å². The predicted molar refractivity (Wildman–Crippen MR) is 60.2 cm³/mol. The van der Waals surface area contributed by atoms with Gasteiger partial charge in [-0.25, -0.2) is 8.42 Å². The molecule has 0 saturated carbocycles. The van der Waals surface area contributed by atoms with Gasteiger partial charge in [0.15, 0.2) is 0 Å². The molecule has 0 spiro atoms. The second-order valence-corrected chi connectivity index (χ2v) is 5.52. The zero-order chi connectivity index (χ0) is 10.3. The molecular formula is C10H10O2S2. The molecule has 0 amide bonds. The van der Waals surface area contributed by atoms with Crippen molar-refractivity contribution < 1.29 is 8.42 Å². The number of aryl methyl sites for hydroxylation is 1. The van der Waals surface area contributed by atoms with Gasteiger partial charge in [-0.2, -0.15) is 12.6 Å². The van der Waals surface area contributed by atoms with E-state index >= 15 is 0 Å². The minimum absolute atomic E-state index is 0.260. The topological polar surface area (TPSA) is 34.1 Å². The van der Waals surface area contributed by atoms with Crippen LogP contribution in [0, 0.1) is 6.92 Å². The number of rotatable bonds is 1. The monoisotopic (exact) mass is 226 g/mol. The minimum atomic E-state index is -3.24. The highest BCUT2D eigenvalue weighted by molar-refractivity contribution is 7.97. The molecule has 0 aliphatic carbocycles. The molecule has 0 fully saturated rings. The van der Waals surface area contributed by atoms with Gasteiger partial charge in [0, 0.05) is 5.75 Å². The van der Waals surface area contributed by atoms with Gasteiger partial charge in [0.25, 0.3) is 0 Å². The van der Waals surface area contributed by atoms with E-state index in [-0.39, 0.29) is 5.75 Å². The Morgan fingerprint density at radius 3 is 2.64 bits per heavy atom. The maximum absolute atomic E-state index is 11.9. The highest BCUT2D eigenvalue weighted by Gasteiger charge is 2.29. The summed E-state index contributed by atoms with van der Waals surface area (Å²) < 4.78 is 23.8. The summed E-state index contributed by atoms with van der Waals surface area (Å²) in [5.74, 6) is 0.260. The first-order chi connectivity index (χ1) is 6.57. The summed E-state index contributed by atoms with van der Waals surface area (Å²) >= 11 is 4.02. The third kappa shape index (κ3) is 1.21. The fraction of sp³-hybridized carbons (Fsp3) is 0.200. The zero-order valence-electron chi connectivity index (χ0n) is 7.69. The molecule has 0 N–H and O–H groups in total. The minimum Gasteiger partial charge on any atom is -0.219 e. The number of benzene rings is 1. The van der Waals surface area contributed by atoms with E-state index in [4.69, 9.17) is 0 Å². The molecule has 0 aromatic heterocycles. The van der Waals surface area contributed by atoms with E-state index in [9.17, 15) is 8.42 Å². The van der Waals surface area contributed by atoms with Gasteiger partial charge in [0.2, 0.25) is 9.84 Å². The van der Waals surface area contributed by atoms with E-state index < -0.39 is 9.84 Å². The quantitative estimate of drug-likeness (QED) is 0.744. The van der Waals surface area contributed by atoms with Crippen LogP contribution in [-0.4, -0.2) is 14.2 Å². The van der Waals surface area contributed by atoms with Crippen molar-refractivity contribution >= 4 is 28.5 Å². The molecule has 1 heterocycles. The molecule has 4 heteroatoms. The Labute approximate surface area is 89.0 Å². The first-order valence-electron chi connectivity index (χ1n) is 4.23. The molecule has 0 radical (unpaired) electrons. The molecule has 0 atom stereocenters. The maximum Gasteiger partial charge on any atom is 0.204 e. The van der Waals surface area contributed by atoms with Crippen LogP contribution in [0.2, 0.25) is 0 Å². The van der Waals surface area contributed by atoms with Crippen molar-refractivity contribution in [2.24, 2.45) is 0 Å². The summed E-state index contributed by atoms with van der Waals surface area (Å²) in [5.41, 5.74) is 1.59. The number of thiol groups is 1. The second-order valence-electron chi connectivity index (χ2n) is 3.27. The Kier molecular flexibility index (Phi) is 2.20. The fourth-order valence-electron chi connectivity index (χ4n) is 1.67. The van der Waals surface area contributed by atoms with Crippen LogP contribution in [0.4, 0.5) is 0 Å². The fourth-order valence-corrected chi connectivity index (χ4v) is 3.91. The van der Waals surface area contributed by atoms with Crippen molar-refractivity contribution in [3.8, 4) is 0 Å². The Morgan fingerprint density at radius 1 is 1.36 bits per heavy atom. The molecule has 1 aromatic rings. The first-order valence-corrected chi connectivity index (χ1v) is 6.35. The standard InChI is InChI=1S/C10H10O2S2/c1-7-3-2-4-8-5-9(6-13)14(11,12)10(7)8/h2-5,13H,6H2,1H3. The molecule has 1 aromatic carbocycles. The van der Waals surface area contributed by atoms with E-state index in [0.717, 1.165) is 11.1 Å².